The van der Waals surface area contributed by atoms with Crippen LogP contribution in [-0.4, -0.2) is 41.8 Å². The molecule has 0 atom stereocenters. The third-order valence-corrected chi connectivity index (χ3v) is 4.05. The van der Waals surface area contributed by atoms with Crippen molar-refractivity contribution in [1.82, 2.24) is 10.2 Å². The van der Waals surface area contributed by atoms with E-state index in [1.54, 1.807) is 0 Å². The van der Waals surface area contributed by atoms with Crippen LogP contribution in [0, 0.1) is 0 Å². The number of carbonyl (C=O) groups is 1. The summed E-state index contributed by atoms with van der Waals surface area (Å²) >= 11 is 3.43. The van der Waals surface area contributed by atoms with E-state index in [0.717, 1.165) is 30.3 Å². The number of piperidine rings is 1. The number of rotatable bonds is 4. The molecular weight excluding hydrogens is 308 g/mol. The van der Waals surface area contributed by atoms with Gasteiger partial charge in [0.25, 0.3) is 0 Å². The summed E-state index contributed by atoms with van der Waals surface area (Å²) < 4.78 is 1.10. The van der Waals surface area contributed by atoms with E-state index in [1.807, 2.05) is 0 Å². The maximum absolute atomic E-state index is 10.8. The van der Waals surface area contributed by atoms with Gasteiger partial charge in [-0.05, 0) is 43.5 Å². The van der Waals surface area contributed by atoms with Crippen LogP contribution in [0.4, 0.5) is 4.79 Å². The van der Waals surface area contributed by atoms with Crippen LogP contribution >= 0.6 is 15.9 Å². The van der Waals surface area contributed by atoms with Gasteiger partial charge in [-0.2, -0.15) is 0 Å². The summed E-state index contributed by atoms with van der Waals surface area (Å²) in [6.45, 7) is 2.23. The van der Waals surface area contributed by atoms with Gasteiger partial charge in [0.1, 0.15) is 0 Å². The Morgan fingerprint density at radius 2 is 1.95 bits per heavy atom. The van der Waals surface area contributed by atoms with E-state index in [9.17, 15) is 4.79 Å². The first-order valence-corrected chi connectivity index (χ1v) is 7.40. The van der Waals surface area contributed by atoms with E-state index in [1.165, 1.54) is 10.5 Å². The molecule has 1 aliphatic heterocycles. The highest BCUT2D eigenvalue weighted by atomic mass is 79.9. The van der Waals surface area contributed by atoms with Crippen LogP contribution in [-0.2, 0) is 6.42 Å². The Hall–Kier alpha value is -1.07. The molecule has 0 spiro atoms. The number of hydrogen-bond acceptors (Lipinski definition) is 2. The minimum Gasteiger partial charge on any atom is -0.465 e. The standard InChI is InChI=1S/C14H19BrN2O2/c15-12-3-1-11(2-4-12)5-8-16-13-6-9-17(10-7-13)14(18)19/h1-4,13,16H,5-10H2,(H,18,19). The second kappa shape index (κ2) is 6.91. The maximum Gasteiger partial charge on any atom is 0.407 e. The smallest absolute Gasteiger partial charge is 0.407 e. The lowest BCUT2D eigenvalue weighted by atomic mass is 10.0. The first-order chi connectivity index (χ1) is 9.15. The van der Waals surface area contributed by atoms with Crippen LogP contribution in [0.2, 0.25) is 0 Å². The van der Waals surface area contributed by atoms with Crippen molar-refractivity contribution in [3.05, 3.63) is 34.3 Å². The number of hydrogen-bond donors (Lipinski definition) is 2. The molecule has 19 heavy (non-hydrogen) atoms. The number of benzene rings is 1. The van der Waals surface area contributed by atoms with E-state index >= 15 is 0 Å². The first kappa shape index (κ1) is 14.3. The Balaban J connectivity index is 1.67. The predicted molar refractivity (Wildman–Crippen MR) is 78.5 cm³/mol. The molecule has 2 N–H and O–H groups in total. The van der Waals surface area contributed by atoms with Gasteiger partial charge in [-0.3, -0.25) is 0 Å². The Bertz CT molecular complexity index is 414. The molecule has 1 aromatic carbocycles. The largest absolute Gasteiger partial charge is 0.465 e. The highest BCUT2D eigenvalue weighted by Gasteiger charge is 2.21. The lowest BCUT2D eigenvalue weighted by Crippen LogP contribution is -2.44. The van der Waals surface area contributed by atoms with Gasteiger partial charge in [0.15, 0.2) is 0 Å². The van der Waals surface area contributed by atoms with Crippen molar-refractivity contribution in [2.45, 2.75) is 25.3 Å². The van der Waals surface area contributed by atoms with Crippen LogP contribution in [0.25, 0.3) is 0 Å². The molecule has 0 saturated carbocycles. The summed E-state index contributed by atoms with van der Waals surface area (Å²) in [4.78, 5) is 12.3. The fraction of sp³-hybridized carbons (Fsp3) is 0.500. The SMILES string of the molecule is O=C(O)N1CCC(NCCc2ccc(Br)cc2)CC1. The molecule has 0 radical (unpaired) electrons. The molecular formula is C14H19BrN2O2. The molecule has 0 aromatic heterocycles. The van der Waals surface area contributed by atoms with Crippen LogP contribution in [0.1, 0.15) is 18.4 Å². The zero-order valence-corrected chi connectivity index (χ0v) is 12.4. The Morgan fingerprint density at radius 1 is 1.32 bits per heavy atom. The molecule has 2 rings (SSSR count). The summed E-state index contributed by atoms with van der Waals surface area (Å²) in [7, 11) is 0. The molecule has 0 aliphatic carbocycles. The Morgan fingerprint density at radius 3 is 2.53 bits per heavy atom. The highest BCUT2D eigenvalue weighted by molar-refractivity contribution is 9.10. The number of amides is 1. The van der Waals surface area contributed by atoms with E-state index in [4.69, 9.17) is 5.11 Å². The van der Waals surface area contributed by atoms with Gasteiger partial charge in [-0.25, -0.2) is 4.79 Å². The zero-order valence-electron chi connectivity index (χ0n) is 10.8. The van der Waals surface area contributed by atoms with Crippen molar-refractivity contribution in [1.29, 1.82) is 0 Å². The van der Waals surface area contributed by atoms with Gasteiger partial charge in [0.2, 0.25) is 0 Å². The van der Waals surface area contributed by atoms with Crippen LogP contribution in [0.3, 0.4) is 0 Å². The molecule has 4 nitrogen and oxygen atoms in total. The summed E-state index contributed by atoms with van der Waals surface area (Å²) in [6, 6.07) is 8.81. The molecule has 5 heteroatoms. The van der Waals surface area contributed by atoms with Gasteiger partial charge in [-0.1, -0.05) is 28.1 Å². The molecule has 1 heterocycles. The fourth-order valence-corrected chi connectivity index (χ4v) is 2.61. The lowest BCUT2D eigenvalue weighted by Gasteiger charge is -2.30. The third-order valence-electron chi connectivity index (χ3n) is 3.53. The monoisotopic (exact) mass is 326 g/mol. The van der Waals surface area contributed by atoms with Gasteiger partial charge in [0, 0.05) is 23.6 Å². The average molecular weight is 327 g/mol. The van der Waals surface area contributed by atoms with Crippen molar-refractivity contribution >= 4 is 22.0 Å². The highest BCUT2D eigenvalue weighted by Crippen LogP contribution is 2.12. The van der Waals surface area contributed by atoms with Crippen molar-refractivity contribution in [3.8, 4) is 0 Å². The molecule has 1 amide bonds. The first-order valence-electron chi connectivity index (χ1n) is 6.61. The van der Waals surface area contributed by atoms with Crippen molar-refractivity contribution in [2.24, 2.45) is 0 Å². The van der Waals surface area contributed by atoms with Crippen LogP contribution in [0.5, 0.6) is 0 Å². The quantitative estimate of drug-likeness (QED) is 0.894. The fourth-order valence-electron chi connectivity index (χ4n) is 2.35. The molecule has 1 aromatic rings. The number of carboxylic acid groups (broad SMARTS) is 1. The van der Waals surface area contributed by atoms with Crippen LogP contribution < -0.4 is 5.32 Å². The van der Waals surface area contributed by atoms with Crippen molar-refractivity contribution in [3.63, 3.8) is 0 Å². The number of halogens is 1. The molecule has 1 aliphatic rings. The molecule has 1 fully saturated rings. The van der Waals surface area contributed by atoms with Crippen molar-refractivity contribution in [2.75, 3.05) is 19.6 Å². The summed E-state index contributed by atoms with van der Waals surface area (Å²) in [6.07, 6.45) is 2.03. The Kier molecular flexibility index (Phi) is 5.22. The average Bonchev–Trinajstić information content (AvgIpc) is 2.41. The molecule has 1 saturated heterocycles. The van der Waals surface area contributed by atoms with Crippen molar-refractivity contribution < 1.29 is 9.90 Å². The molecule has 0 bridgehead atoms. The zero-order chi connectivity index (χ0) is 13.7. The number of nitrogens with one attached hydrogen (secondary N) is 1. The number of nitrogens with zero attached hydrogens (tertiary/aromatic N) is 1. The second-order valence-corrected chi connectivity index (χ2v) is 5.79. The van der Waals surface area contributed by atoms with Gasteiger partial charge in [0.05, 0.1) is 0 Å². The van der Waals surface area contributed by atoms with E-state index in [2.05, 4.69) is 45.5 Å². The summed E-state index contributed by atoms with van der Waals surface area (Å²) in [5.41, 5.74) is 1.32. The van der Waals surface area contributed by atoms with Crippen LogP contribution in [0.15, 0.2) is 28.7 Å². The van der Waals surface area contributed by atoms with E-state index in [-0.39, 0.29) is 0 Å². The number of likely N-dealkylation sites (tertiary alicyclic amines) is 1. The topological polar surface area (TPSA) is 52.6 Å². The van der Waals surface area contributed by atoms with Gasteiger partial charge >= 0.3 is 6.09 Å². The van der Waals surface area contributed by atoms with Gasteiger partial charge < -0.3 is 15.3 Å². The third kappa shape index (κ3) is 4.51. The molecule has 0 unspecified atom stereocenters. The summed E-state index contributed by atoms with van der Waals surface area (Å²) in [5, 5.41) is 12.4. The second-order valence-electron chi connectivity index (χ2n) is 4.87. The minimum absolute atomic E-state index is 0.450. The lowest BCUT2D eigenvalue weighted by molar-refractivity contribution is 0.129. The minimum atomic E-state index is -0.798. The maximum atomic E-state index is 10.8. The van der Waals surface area contributed by atoms with Gasteiger partial charge in [-0.15, -0.1) is 0 Å². The van der Waals surface area contributed by atoms with E-state index < -0.39 is 6.09 Å². The summed E-state index contributed by atoms with van der Waals surface area (Å²) in [5.74, 6) is 0. The predicted octanol–water partition coefficient (Wildman–Crippen LogP) is 2.72. The Labute approximate surface area is 121 Å². The normalized spacial score (nSPS) is 16.6. The molecule has 104 valence electrons. The van der Waals surface area contributed by atoms with E-state index in [0.29, 0.717) is 19.1 Å².